The number of thiazole rings is 1. The number of anilines is 3. The van der Waals surface area contributed by atoms with Gasteiger partial charge in [-0.1, -0.05) is 87.5 Å². The summed E-state index contributed by atoms with van der Waals surface area (Å²) in [6.45, 7) is 15.2. The molecule has 2 aromatic heterocycles. The van der Waals surface area contributed by atoms with E-state index in [9.17, 15) is 33.5 Å². The van der Waals surface area contributed by atoms with Crippen LogP contribution in [0.3, 0.4) is 0 Å². The maximum Gasteiger partial charge on any atom is 0.247 e. The molecule has 2 saturated heterocycles. The zero-order chi connectivity index (χ0) is 55.5. The summed E-state index contributed by atoms with van der Waals surface area (Å²) in [5, 5.41) is 23.0. The van der Waals surface area contributed by atoms with Crippen molar-refractivity contribution in [2.45, 2.75) is 91.0 Å². The van der Waals surface area contributed by atoms with Crippen molar-refractivity contribution in [2.75, 3.05) is 56.5 Å². The van der Waals surface area contributed by atoms with Crippen molar-refractivity contribution in [1.82, 2.24) is 40.3 Å². The number of nitrogens with zero attached hydrogens (tertiary/aromatic N) is 6. The number of aryl methyl sites for hydroxylation is 3. The second kappa shape index (κ2) is 25.9. The third kappa shape index (κ3) is 14.8. The van der Waals surface area contributed by atoms with Gasteiger partial charge in [-0.15, -0.1) is 11.3 Å². The molecule has 5 N–H and O–H groups in total. The van der Waals surface area contributed by atoms with Gasteiger partial charge in [0.05, 0.1) is 45.0 Å². The molecule has 2 aliphatic heterocycles. The first-order valence-electron chi connectivity index (χ1n) is 26.1. The highest BCUT2D eigenvalue weighted by Gasteiger charge is 2.44. The molecule has 1 unspecified atom stereocenters. The Balaban J connectivity index is 0.747. The van der Waals surface area contributed by atoms with Crippen LogP contribution >= 0.6 is 22.9 Å². The number of amides is 5. The number of likely N-dealkylation sites (tertiary alicyclic amines) is 1. The fourth-order valence-corrected chi connectivity index (χ4v) is 10.5. The number of rotatable bonds is 21. The number of nitrogens with one attached hydrogen (secondary N) is 4. The van der Waals surface area contributed by atoms with Crippen LogP contribution in [0.5, 0.6) is 5.75 Å². The van der Waals surface area contributed by atoms with E-state index in [1.54, 1.807) is 23.5 Å². The number of halogens is 2. The molecule has 5 amide bonds. The van der Waals surface area contributed by atoms with Gasteiger partial charge in [0, 0.05) is 82.2 Å². The van der Waals surface area contributed by atoms with Crippen LogP contribution in [0, 0.1) is 18.2 Å². The highest BCUT2D eigenvalue weighted by Crippen LogP contribution is 2.35. The molecule has 17 nitrogen and oxygen atoms in total. The minimum atomic E-state index is -0.929. The van der Waals surface area contributed by atoms with Crippen LogP contribution in [0.2, 0.25) is 5.02 Å². The van der Waals surface area contributed by atoms with Crippen molar-refractivity contribution >= 4 is 80.6 Å². The third-order valence-electron chi connectivity index (χ3n) is 14.0. The smallest absolute Gasteiger partial charge is 0.247 e. The summed E-state index contributed by atoms with van der Waals surface area (Å²) in [5.41, 5.74) is 7.47. The van der Waals surface area contributed by atoms with Crippen molar-refractivity contribution in [3.8, 4) is 16.2 Å². The molecule has 410 valence electrons. The van der Waals surface area contributed by atoms with Crippen LogP contribution in [0.4, 0.5) is 21.6 Å². The molecule has 0 bridgehead atoms. The van der Waals surface area contributed by atoms with Gasteiger partial charge in [0.1, 0.15) is 35.8 Å². The Bertz CT molecular complexity index is 3130. The molecule has 4 heterocycles. The summed E-state index contributed by atoms with van der Waals surface area (Å²) in [6.07, 6.45) is 4.01. The molecule has 0 aliphatic carbocycles. The van der Waals surface area contributed by atoms with E-state index in [-0.39, 0.29) is 48.7 Å². The predicted molar refractivity (Wildman–Crippen MR) is 301 cm³/mol. The number of aromatic nitrogens is 3. The van der Waals surface area contributed by atoms with Gasteiger partial charge >= 0.3 is 0 Å². The second-order valence-corrected chi connectivity index (χ2v) is 22.0. The van der Waals surface area contributed by atoms with Crippen molar-refractivity contribution < 1.29 is 38.2 Å². The van der Waals surface area contributed by atoms with Crippen LogP contribution in [-0.4, -0.2) is 128 Å². The maximum atomic E-state index is 14.1. The third-order valence-corrected chi connectivity index (χ3v) is 15.2. The van der Waals surface area contributed by atoms with E-state index >= 15 is 0 Å². The van der Waals surface area contributed by atoms with E-state index in [4.69, 9.17) is 16.3 Å². The fourth-order valence-electron chi connectivity index (χ4n) is 9.54. The van der Waals surface area contributed by atoms with Gasteiger partial charge in [-0.25, -0.2) is 19.3 Å². The van der Waals surface area contributed by atoms with Gasteiger partial charge < -0.3 is 40.9 Å². The lowest BCUT2D eigenvalue weighted by atomic mass is 9.85. The van der Waals surface area contributed by atoms with E-state index in [0.29, 0.717) is 79.2 Å². The summed E-state index contributed by atoms with van der Waals surface area (Å²) in [5.74, 6) is -1.09. The molecular formula is C58H66ClFN10O7S. The number of aliphatic hydroxyl groups is 1. The standard InChI is InChI=1S/C58H66ClFN10O7S/c1-6-50(72)66-47-30-43-46(62-34-63-55(43)65-41-18-19-45(60)44(59)28-41)31-49(47)77-27-7-22-68-23-25-69(26-24-68)52(74)21-15-38-10-8-37(9-11-38)14-20-51(73)67-54(58(3,4)5)57(76)70-33-42(71)29-48(70)56(75)61-32-39-12-16-40(17-13-39)53-36(2)64-35-78-53/h6,8-13,16-19,28,30-31,34-35,42,48,54,71H,1,7,14-15,20-27,29,32-33H2,2-5H3,(H,61,75)(H,66,72)(H,67,73)(H,62,63,65)/t42-,48+,54?/m1/s1. The normalized spacial score (nSPS) is 16.1. The molecule has 0 saturated carbocycles. The lowest BCUT2D eigenvalue weighted by Gasteiger charge is -2.35. The Morgan fingerprint density at radius 2 is 1.63 bits per heavy atom. The van der Waals surface area contributed by atoms with Crippen molar-refractivity contribution in [2.24, 2.45) is 5.41 Å². The van der Waals surface area contributed by atoms with E-state index in [0.717, 1.165) is 52.5 Å². The number of benzene rings is 4. The second-order valence-electron chi connectivity index (χ2n) is 20.7. The highest BCUT2D eigenvalue weighted by atomic mass is 35.5. The van der Waals surface area contributed by atoms with E-state index in [1.807, 2.05) is 86.6 Å². The number of aliphatic hydroxyl groups excluding tert-OH is 1. The van der Waals surface area contributed by atoms with Crippen molar-refractivity contribution in [1.29, 1.82) is 0 Å². The Kier molecular flexibility index (Phi) is 18.9. The Morgan fingerprint density at radius 3 is 2.29 bits per heavy atom. The molecule has 78 heavy (non-hydrogen) atoms. The van der Waals surface area contributed by atoms with Crippen LogP contribution < -0.4 is 26.0 Å². The van der Waals surface area contributed by atoms with Gasteiger partial charge in [-0.05, 0) is 84.2 Å². The molecule has 2 aliphatic rings. The molecule has 0 spiro atoms. The summed E-state index contributed by atoms with van der Waals surface area (Å²) in [6, 6.07) is 21.6. The number of fused-ring (bicyclic) bond motifs is 1. The average molecular weight is 1100 g/mol. The molecule has 3 atom stereocenters. The first kappa shape index (κ1) is 56.9. The molecule has 2 fully saturated rings. The average Bonchev–Trinajstić information content (AvgIpc) is 4.08. The first-order valence-corrected chi connectivity index (χ1v) is 27.4. The number of piperazine rings is 1. The zero-order valence-electron chi connectivity index (χ0n) is 44.3. The maximum absolute atomic E-state index is 14.1. The van der Waals surface area contributed by atoms with Gasteiger partial charge in [-0.3, -0.25) is 28.9 Å². The Morgan fingerprint density at radius 1 is 0.923 bits per heavy atom. The lowest BCUT2D eigenvalue weighted by Crippen LogP contribution is -2.57. The topological polar surface area (TPSA) is 211 Å². The largest absolute Gasteiger partial charge is 0.491 e. The van der Waals surface area contributed by atoms with E-state index in [1.165, 1.54) is 35.5 Å². The molecule has 4 aromatic carbocycles. The molecule has 8 rings (SSSR count). The van der Waals surface area contributed by atoms with Crippen LogP contribution in [0.15, 0.2) is 103 Å². The lowest BCUT2D eigenvalue weighted by molar-refractivity contribution is -0.144. The van der Waals surface area contributed by atoms with Crippen LogP contribution in [0.25, 0.3) is 21.3 Å². The van der Waals surface area contributed by atoms with Gasteiger partial charge in [0.25, 0.3) is 0 Å². The fraction of sp³-hybridized carbons (Fsp3) is 0.379. The van der Waals surface area contributed by atoms with Crippen molar-refractivity contribution in [3.63, 3.8) is 0 Å². The molecule has 20 heteroatoms. The number of hydrogen-bond acceptors (Lipinski definition) is 13. The molecule has 6 aromatic rings. The van der Waals surface area contributed by atoms with Crippen LogP contribution in [-0.2, 0) is 43.4 Å². The summed E-state index contributed by atoms with van der Waals surface area (Å²) < 4.78 is 20.0. The van der Waals surface area contributed by atoms with Gasteiger partial charge in [0.2, 0.25) is 29.5 Å². The first-order chi connectivity index (χ1) is 37.4. The Hall–Kier alpha value is -7.32. The predicted octanol–water partition coefficient (Wildman–Crippen LogP) is 8.01. The zero-order valence-corrected chi connectivity index (χ0v) is 45.9. The number of hydrogen-bond donors (Lipinski definition) is 5. The number of carbonyl (C=O) groups excluding carboxylic acids is 5. The van der Waals surface area contributed by atoms with E-state index < -0.39 is 41.2 Å². The highest BCUT2D eigenvalue weighted by molar-refractivity contribution is 7.13. The SMILES string of the molecule is C=CC(=O)Nc1cc2c(Nc3ccc(F)c(Cl)c3)ncnc2cc1OCCCN1CCN(C(=O)CCc2ccc(CCC(=O)NC(C(=O)N3C[C@H](O)C[C@H]3C(=O)NCc3ccc(-c4scnc4C)cc3)C(C)(C)C)cc2)CC1. The van der Waals surface area contributed by atoms with Gasteiger partial charge in [0.15, 0.2) is 0 Å². The minimum absolute atomic E-state index is 0.00878. The van der Waals surface area contributed by atoms with Crippen LogP contribution in [0.1, 0.15) is 68.8 Å². The van der Waals surface area contributed by atoms with E-state index in [2.05, 4.69) is 47.7 Å². The Labute approximate surface area is 462 Å². The monoisotopic (exact) mass is 1100 g/mol. The molecule has 0 radical (unpaired) electrons. The quantitative estimate of drug-likeness (QED) is 0.0343. The molecular weight excluding hydrogens is 1040 g/mol. The number of ether oxygens (including phenoxy) is 1. The number of β-amino-alcohol motifs (C(OH)–C–C–N with tert-alkyl or cyclic N) is 1. The number of carbonyl (C=O) groups is 5. The van der Waals surface area contributed by atoms with Crippen molar-refractivity contribution in [3.05, 3.63) is 137 Å². The summed E-state index contributed by atoms with van der Waals surface area (Å²) >= 11 is 7.56. The summed E-state index contributed by atoms with van der Waals surface area (Å²) in [7, 11) is 0. The minimum Gasteiger partial charge on any atom is -0.491 e. The van der Waals surface area contributed by atoms with Gasteiger partial charge in [-0.2, -0.15) is 0 Å². The summed E-state index contributed by atoms with van der Waals surface area (Å²) in [4.78, 5) is 86.6.